The van der Waals surface area contributed by atoms with Gasteiger partial charge in [-0.2, -0.15) is 0 Å². The zero-order chi connectivity index (χ0) is 11.0. The van der Waals surface area contributed by atoms with E-state index in [9.17, 15) is 19.2 Å². The van der Waals surface area contributed by atoms with Gasteiger partial charge in [-0.15, -0.1) is 0 Å². The molecule has 0 aromatic rings. The molecule has 74 valence electrons. The van der Waals surface area contributed by atoms with Crippen molar-refractivity contribution in [2.45, 2.75) is 13.3 Å². The Hall–Kier alpha value is -1.92. The Labute approximate surface area is 73.7 Å². The second kappa shape index (κ2) is 6.77. The number of carbonyl (C=O) groups is 4. The van der Waals surface area contributed by atoms with E-state index < -0.39 is 17.8 Å². The van der Waals surface area contributed by atoms with Crippen molar-refractivity contribution in [3.63, 3.8) is 0 Å². The van der Waals surface area contributed by atoms with E-state index >= 15 is 0 Å². The summed E-state index contributed by atoms with van der Waals surface area (Å²) >= 11 is 0. The molecule has 5 N–H and O–H groups in total. The lowest BCUT2D eigenvalue weighted by Gasteiger charge is -1.80. The number of Topliss-reactive ketones (excluding diaryl/α,β-unsaturated/α-hetero) is 1. The molecule has 0 unspecified atom stereocenters. The molecule has 0 rings (SSSR count). The van der Waals surface area contributed by atoms with Crippen molar-refractivity contribution < 1.29 is 24.3 Å². The molecule has 7 nitrogen and oxygen atoms in total. The molecule has 0 atom stereocenters. The molecule has 0 aliphatic carbocycles. The Balaban J connectivity index is 0. The zero-order valence-electron chi connectivity index (χ0n) is 6.94. The fraction of sp³-hybridized carbons (Fsp3) is 0.333. The van der Waals surface area contributed by atoms with E-state index in [4.69, 9.17) is 5.11 Å². The molecule has 0 saturated heterocycles. The van der Waals surface area contributed by atoms with Gasteiger partial charge >= 0.3 is 17.8 Å². The Morgan fingerprint density at radius 2 is 1.38 bits per heavy atom. The largest absolute Gasteiger partial charge is 0.481 e. The second-order valence-corrected chi connectivity index (χ2v) is 2.00. The van der Waals surface area contributed by atoms with Crippen molar-refractivity contribution in [3.05, 3.63) is 0 Å². The van der Waals surface area contributed by atoms with E-state index in [0.717, 1.165) is 0 Å². The van der Waals surface area contributed by atoms with Crippen LogP contribution in [0.3, 0.4) is 0 Å². The number of amides is 2. The van der Waals surface area contributed by atoms with Gasteiger partial charge < -0.3 is 16.6 Å². The maximum atomic E-state index is 9.87. The highest BCUT2D eigenvalue weighted by molar-refractivity contribution is 6.33. The minimum absolute atomic E-state index is 0.312. The van der Waals surface area contributed by atoms with Crippen LogP contribution in [0.25, 0.3) is 0 Å². The molecule has 13 heavy (non-hydrogen) atoms. The number of nitrogens with two attached hydrogens (primary N) is 2. The molecule has 0 bridgehead atoms. The summed E-state index contributed by atoms with van der Waals surface area (Å²) in [5, 5.41) is 7.86. The molecule has 0 saturated carbocycles. The van der Waals surface area contributed by atoms with Gasteiger partial charge in [0, 0.05) is 0 Å². The van der Waals surface area contributed by atoms with E-state index in [1.54, 1.807) is 0 Å². The molecular weight excluding hydrogens is 180 g/mol. The number of carboxylic acids is 1. The van der Waals surface area contributed by atoms with E-state index in [2.05, 4.69) is 11.5 Å². The summed E-state index contributed by atoms with van der Waals surface area (Å²) in [6.45, 7) is 1.24. The standard InChI is InChI=1S/C4H6O3.C2H4N2O2/c1-3(5)2-4(6)7;3-1(5)2(4)6/h2H2,1H3,(H,6,7);(H2,3,5)(H2,4,6). The van der Waals surface area contributed by atoms with Gasteiger partial charge in [0.05, 0.1) is 0 Å². The van der Waals surface area contributed by atoms with Crippen molar-refractivity contribution in [3.8, 4) is 0 Å². The Kier molecular flexibility index (Phi) is 7.11. The number of ketones is 1. The monoisotopic (exact) mass is 190 g/mol. The van der Waals surface area contributed by atoms with Crippen LogP contribution in [0.1, 0.15) is 13.3 Å². The highest BCUT2D eigenvalue weighted by Gasteiger charge is 1.98. The summed E-state index contributed by atoms with van der Waals surface area (Å²) in [7, 11) is 0. The summed E-state index contributed by atoms with van der Waals surface area (Å²) in [5.74, 6) is -3.58. The van der Waals surface area contributed by atoms with Crippen LogP contribution in [0.4, 0.5) is 0 Å². The topological polar surface area (TPSA) is 141 Å². The van der Waals surface area contributed by atoms with Gasteiger partial charge in [-0.3, -0.25) is 19.2 Å². The van der Waals surface area contributed by atoms with Crippen molar-refractivity contribution in [1.29, 1.82) is 0 Å². The van der Waals surface area contributed by atoms with Gasteiger partial charge in [-0.1, -0.05) is 0 Å². The van der Waals surface area contributed by atoms with Crippen LogP contribution >= 0.6 is 0 Å². The van der Waals surface area contributed by atoms with Gasteiger partial charge in [0.1, 0.15) is 12.2 Å². The number of primary amides is 2. The van der Waals surface area contributed by atoms with Crippen LogP contribution < -0.4 is 11.5 Å². The normalized spacial score (nSPS) is 7.77. The van der Waals surface area contributed by atoms with Crippen molar-refractivity contribution >= 4 is 23.6 Å². The Morgan fingerprint density at radius 3 is 1.38 bits per heavy atom. The molecule has 0 spiro atoms. The Bertz CT molecular complexity index is 211. The van der Waals surface area contributed by atoms with Crippen LogP contribution in [0.2, 0.25) is 0 Å². The number of carbonyl (C=O) groups excluding carboxylic acids is 3. The number of hydrogen-bond donors (Lipinski definition) is 3. The summed E-state index contributed by atoms with van der Waals surface area (Å²) in [6, 6.07) is 0. The lowest BCUT2D eigenvalue weighted by atomic mass is 10.3. The van der Waals surface area contributed by atoms with Gasteiger partial charge in [-0.25, -0.2) is 0 Å². The third kappa shape index (κ3) is 17.8. The molecule has 0 aromatic heterocycles. The minimum Gasteiger partial charge on any atom is -0.481 e. The first-order chi connectivity index (χ1) is 5.77. The molecular formula is C6H10N2O5. The third-order valence-electron chi connectivity index (χ3n) is 0.643. The van der Waals surface area contributed by atoms with Crippen LogP contribution in [-0.4, -0.2) is 28.7 Å². The molecule has 0 aromatic carbocycles. The summed E-state index contributed by atoms with van der Waals surface area (Å²) in [6.07, 6.45) is -0.361. The van der Waals surface area contributed by atoms with E-state index in [1.165, 1.54) is 6.92 Å². The number of hydrogen-bond acceptors (Lipinski definition) is 4. The van der Waals surface area contributed by atoms with Crippen molar-refractivity contribution in [1.82, 2.24) is 0 Å². The first kappa shape index (κ1) is 13.7. The van der Waals surface area contributed by atoms with Crippen molar-refractivity contribution in [2.24, 2.45) is 11.5 Å². The van der Waals surface area contributed by atoms with Crippen LogP contribution in [0, 0.1) is 0 Å². The minimum atomic E-state index is -1.10. The van der Waals surface area contributed by atoms with E-state index in [1.807, 2.05) is 0 Å². The molecule has 0 heterocycles. The zero-order valence-corrected chi connectivity index (χ0v) is 6.94. The second-order valence-electron chi connectivity index (χ2n) is 2.00. The molecule has 0 radical (unpaired) electrons. The highest BCUT2D eigenvalue weighted by Crippen LogP contribution is 1.77. The summed E-state index contributed by atoms with van der Waals surface area (Å²) < 4.78 is 0. The van der Waals surface area contributed by atoms with Crippen LogP contribution in [0.15, 0.2) is 0 Å². The maximum absolute atomic E-state index is 9.87. The number of carboxylic acid groups (broad SMARTS) is 1. The average molecular weight is 190 g/mol. The number of aliphatic carboxylic acids is 1. The van der Waals surface area contributed by atoms with Crippen LogP contribution in [0.5, 0.6) is 0 Å². The fourth-order valence-electron chi connectivity index (χ4n) is 0.213. The fourth-order valence-corrected chi connectivity index (χ4v) is 0.213. The molecule has 0 aliphatic heterocycles. The first-order valence-corrected chi connectivity index (χ1v) is 3.07. The SMILES string of the molecule is CC(=O)CC(=O)O.NC(=O)C(N)=O. The van der Waals surface area contributed by atoms with Gasteiger partial charge in [0.15, 0.2) is 0 Å². The van der Waals surface area contributed by atoms with E-state index in [-0.39, 0.29) is 12.2 Å². The molecule has 0 fully saturated rings. The first-order valence-electron chi connectivity index (χ1n) is 3.07. The third-order valence-corrected chi connectivity index (χ3v) is 0.643. The van der Waals surface area contributed by atoms with E-state index in [0.29, 0.717) is 0 Å². The predicted molar refractivity (Wildman–Crippen MR) is 41.3 cm³/mol. The molecule has 7 heteroatoms. The van der Waals surface area contributed by atoms with Gasteiger partial charge in [0.2, 0.25) is 0 Å². The lowest BCUT2D eigenvalue weighted by molar-refractivity contribution is -0.139. The van der Waals surface area contributed by atoms with Crippen molar-refractivity contribution in [2.75, 3.05) is 0 Å². The smallest absolute Gasteiger partial charge is 0.310 e. The average Bonchev–Trinajstić information content (AvgIpc) is 1.84. The summed E-state index contributed by atoms with van der Waals surface area (Å²) in [4.78, 5) is 38.4. The molecule has 2 amide bonds. The van der Waals surface area contributed by atoms with Gasteiger partial charge in [-0.05, 0) is 6.92 Å². The number of rotatable bonds is 2. The Morgan fingerprint density at radius 1 is 1.08 bits per heavy atom. The summed E-state index contributed by atoms with van der Waals surface area (Å²) in [5.41, 5.74) is 8.64. The lowest BCUT2D eigenvalue weighted by Crippen LogP contribution is -2.29. The quantitative estimate of drug-likeness (QED) is 0.341. The highest BCUT2D eigenvalue weighted by atomic mass is 16.4. The molecule has 0 aliphatic rings. The predicted octanol–water partition coefficient (Wildman–Crippen LogP) is -1.99. The van der Waals surface area contributed by atoms with Crippen LogP contribution in [-0.2, 0) is 19.2 Å². The van der Waals surface area contributed by atoms with Gasteiger partial charge in [0.25, 0.3) is 0 Å². The maximum Gasteiger partial charge on any atom is 0.310 e.